The van der Waals surface area contributed by atoms with Crippen LogP contribution in [-0.4, -0.2) is 19.1 Å². The van der Waals surface area contributed by atoms with Gasteiger partial charge in [-0.15, -0.1) is 0 Å². The predicted molar refractivity (Wildman–Crippen MR) is 118 cm³/mol. The van der Waals surface area contributed by atoms with Crippen molar-refractivity contribution < 1.29 is 27.0 Å². The standard InChI is InChI=1S/C26H34F4O2/c1-3-5-18-8-15-23(26(29,30)16-18)25(28)24(27)20-9-6-19(7-10-20)17-32-22-13-11-21(12-14-22)31-4-2/h3,5,11-14,18-20,23H,4,6-10,15-17H2,1-2H3/b5-3+,25-24+. The molecule has 1 aromatic rings. The Morgan fingerprint density at radius 1 is 0.938 bits per heavy atom. The number of hydrogen-bond donors (Lipinski definition) is 0. The number of rotatable bonds is 8. The molecule has 0 heterocycles. The molecule has 0 bridgehead atoms. The van der Waals surface area contributed by atoms with Crippen LogP contribution in [0, 0.1) is 23.7 Å². The Morgan fingerprint density at radius 3 is 2.12 bits per heavy atom. The molecule has 1 aromatic carbocycles. The third-order valence-corrected chi connectivity index (χ3v) is 6.69. The van der Waals surface area contributed by atoms with Gasteiger partial charge in [-0.2, -0.15) is 0 Å². The third kappa shape index (κ3) is 6.29. The van der Waals surface area contributed by atoms with Crippen LogP contribution in [-0.2, 0) is 0 Å². The molecule has 0 aromatic heterocycles. The Hall–Kier alpha value is -1.98. The van der Waals surface area contributed by atoms with Crippen molar-refractivity contribution in [2.75, 3.05) is 13.2 Å². The first-order valence-electron chi connectivity index (χ1n) is 11.7. The first kappa shape index (κ1) is 24.7. The van der Waals surface area contributed by atoms with Crippen molar-refractivity contribution >= 4 is 0 Å². The van der Waals surface area contributed by atoms with Gasteiger partial charge in [0.1, 0.15) is 23.2 Å². The van der Waals surface area contributed by atoms with Gasteiger partial charge in [-0.05, 0) is 88.5 Å². The lowest BCUT2D eigenvalue weighted by Crippen LogP contribution is -2.36. The summed E-state index contributed by atoms with van der Waals surface area (Å²) in [4.78, 5) is 0. The molecule has 2 aliphatic rings. The molecule has 6 heteroatoms. The number of alkyl halides is 2. The first-order chi connectivity index (χ1) is 15.3. The number of halogens is 4. The maximum atomic E-state index is 14.8. The van der Waals surface area contributed by atoms with Crippen LogP contribution in [0.2, 0.25) is 0 Å². The van der Waals surface area contributed by atoms with E-state index in [1.165, 1.54) is 0 Å². The van der Waals surface area contributed by atoms with Gasteiger partial charge in [0.05, 0.1) is 19.1 Å². The molecule has 0 saturated heterocycles. The van der Waals surface area contributed by atoms with E-state index in [2.05, 4.69) is 0 Å². The number of hydrogen-bond acceptors (Lipinski definition) is 2. The van der Waals surface area contributed by atoms with E-state index in [1.807, 2.05) is 31.2 Å². The summed E-state index contributed by atoms with van der Waals surface area (Å²) in [5.41, 5.74) is 0. The molecule has 32 heavy (non-hydrogen) atoms. The van der Waals surface area contributed by atoms with E-state index in [0.29, 0.717) is 45.3 Å². The Kier molecular flexibility index (Phi) is 8.66. The van der Waals surface area contributed by atoms with Crippen LogP contribution >= 0.6 is 0 Å². The summed E-state index contributed by atoms with van der Waals surface area (Å²) in [5.74, 6) is -6.14. The molecule has 2 unspecified atom stereocenters. The fourth-order valence-electron chi connectivity index (χ4n) is 4.89. The summed E-state index contributed by atoms with van der Waals surface area (Å²) in [6, 6.07) is 7.39. The average molecular weight is 455 g/mol. The second-order valence-electron chi connectivity index (χ2n) is 9.01. The van der Waals surface area contributed by atoms with E-state index >= 15 is 0 Å². The lowest BCUT2D eigenvalue weighted by molar-refractivity contribution is -0.0899. The van der Waals surface area contributed by atoms with Crippen molar-refractivity contribution in [3.05, 3.63) is 48.1 Å². The van der Waals surface area contributed by atoms with Crippen LogP contribution in [0.25, 0.3) is 0 Å². The zero-order chi connectivity index (χ0) is 23.1. The molecule has 0 aliphatic heterocycles. The van der Waals surface area contributed by atoms with Crippen molar-refractivity contribution in [2.24, 2.45) is 23.7 Å². The van der Waals surface area contributed by atoms with E-state index in [-0.39, 0.29) is 18.3 Å². The van der Waals surface area contributed by atoms with Gasteiger partial charge in [0.2, 0.25) is 0 Å². The normalized spacial score (nSPS) is 28.9. The minimum atomic E-state index is -3.22. The van der Waals surface area contributed by atoms with E-state index in [0.717, 1.165) is 11.5 Å². The Balaban J connectivity index is 1.51. The summed E-state index contributed by atoms with van der Waals surface area (Å²) in [6.07, 6.45) is 5.78. The Morgan fingerprint density at radius 2 is 1.56 bits per heavy atom. The molecule has 2 aliphatic carbocycles. The average Bonchev–Trinajstić information content (AvgIpc) is 2.78. The minimum Gasteiger partial charge on any atom is -0.494 e. The fourth-order valence-corrected chi connectivity index (χ4v) is 4.89. The van der Waals surface area contributed by atoms with Gasteiger partial charge in [0.25, 0.3) is 5.92 Å². The van der Waals surface area contributed by atoms with Crippen LogP contribution < -0.4 is 9.47 Å². The number of benzene rings is 1. The SMILES string of the molecule is C/C=C/C1CCC(/C(F)=C(\F)C2CCC(COc3ccc(OCC)cc3)CC2)C(F)(F)C1. The number of allylic oxidation sites excluding steroid dienone is 4. The molecule has 0 radical (unpaired) electrons. The van der Waals surface area contributed by atoms with Crippen LogP contribution in [0.3, 0.4) is 0 Å². The van der Waals surface area contributed by atoms with Crippen molar-refractivity contribution in [1.82, 2.24) is 0 Å². The highest BCUT2D eigenvalue weighted by atomic mass is 19.3. The zero-order valence-corrected chi connectivity index (χ0v) is 19.0. The quantitative estimate of drug-likeness (QED) is 0.292. The topological polar surface area (TPSA) is 18.5 Å². The van der Waals surface area contributed by atoms with Crippen molar-refractivity contribution in [3.63, 3.8) is 0 Å². The molecular formula is C26H34F4O2. The van der Waals surface area contributed by atoms with Gasteiger partial charge in [-0.25, -0.2) is 17.6 Å². The van der Waals surface area contributed by atoms with Crippen LogP contribution in [0.15, 0.2) is 48.1 Å². The lowest BCUT2D eigenvalue weighted by Gasteiger charge is -2.35. The summed E-state index contributed by atoms with van der Waals surface area (Å²) < 4.78 is 69.9. The molecule has 2 saturated carbocycles. The summed E-state index contributed by atoms with van der Waals surface area (Å²) >= 11 is 0. The van der Waals surface area contributed by atoms with E-state index in [9.17, 15) is 17.6 Å². The van der Waals surface area contributed by atoms with Gasteiger partial charge in [0, 0.05) is 12.3 Å². The van der Waals surface area contributed by atoms with Crippen LogP contribution in [0.1, 0.15) is 58.8 Å². The Bertz CT molecular complexity index is 780. The Labute approximate surface area is 188 Å². The summed E-state index contributed by atoms with van der Waals surface area (Å²) in [7, 11) is 0. The minimum absolute atomic E-state index is 0.0213. The fraction of sp³-hybridized carbons (Fsp3) is 0.615. The maximum Gasteiger partial charge on any atom is 0.257 e. The smallest absolute Gasteiger partial charge is 0.257 e. The van der Waals surface area contributed by atoms with Crippen LogP contribution in [0.5, 0.6) is 11.5 Å². The zero-order valence-electron chi connectivity index (χ0n) is 19.0. The van der Waals surface area contributed by atoms with Crippen LogP contribution in [0.4, 0.5) is 17.6 Å². The molecular weight excluding hydrogens is 420 g/mol. The van der Waals surface area contributed by atoms with Gasteiger partial charge < -0.3 is 9.47 Å². The second-order valence-corrected chi connectivity index (χ2v) is 9.01. The van der Waals surface area contributed by atoms with E-state index in [1.54, 1.807) is 19.1 Å². The summed E-state index contributed by atoms with van der Waals surface area (Å²) in [5, 5.41) is 0. The molecule has 0 spiro atoms. The van der Waals surface area contributed by atoms with Crippen molar-refractivity contribution in [1.29, 1.82) is 0 Å². The molecule has 2 nitrogen and oxygen atoms in total. The van der Waals surface area contributed by atoms with Gasteiger partial charge in [-0.3, -0.25) is 0 Å². The molecule has 0 amide bonds. The predicted octanol–water partition coefficient (Wildman–Crippen LogP) is 8.05. The molecule has 178 valence electrons. The first-order valence-corrected chi connectivity index (χ1v) is 11.7. The highest BCUT2D eigenvalue weighted by Gasteiger charge is 2.48. The summed E-state index contributed by atoms with van der Waals surface area (Å²) in [6.45, 7) is 4.81. The highest BCUT2D eigenvalue weighted by molar-refractivity contribution is 5.31. The van der Waals surface area contributed by atoms with Gasteiger partial charge >= 0.3 is 0 Å². The van der Waals surface area contributed by atoms with Gasteiger partial charge in [0.15, 0.2) is 0 Å². The second kappa shape index (κ2) is 11.2. The maximum absolute atomic E-state index is 14.8. The van der Waals surface area contributed by atoms with E-state index in [4.69, 9.17) is 9.47 Å². The van der Waals surface area contributed by atoms with Crippen molar-refractivity contribution in [2.45, 2.75) is 64.7 Å². The number of ether oxygens (including phenoxy) is 2. The third-order valence-electron chi connectivity index (χ3n) is 6.69. The lowest BCUT2D eigenvalue weighted by atomic mass is 9.76. The van der Waals surface area contributed by atoms with Crippen molar-refractivity contribution in [3.8, 4) is 11.5 Å². The monoisotopic (exact) mass is 454 g/mol. The molecule has 2 atom stereocenters. The molecule has 0 N–H and O–H groups in total. The van der Waals surface area contributed by atoms with E-state index < -0.39 is 35.8 Å². The largest absolute Gasteiger partial charge is 0.494 e. The molecule has 2 fully saturated rings. The molecule has 3 rings (SSSR count). The van der Waals surface area contributed by atoms with Gasteiger partial charge in [-0.1, -0.05) is 12.2 Å². The highest BCUT2D eigenvalue weighted by Crippen LogP contribution is 2.48.